The van der Waals surface area contributed by atoms with Gasteiger partial charge < -0.3 is 16.2 Å². The van der Waals surface area contributed by atoms with Crippen molar-refractivity contribution in [1.82, 2.24) is 0 Å². The second kappa shape index (κ2) is 7.16. The van der Waals surface area contributed by atoms with E-state index in [1.165, 1.54) is 6.07 Å². The van der Waals surface area contributed by atoms with Gasteiger partial charge in [-0.05, 0) is 43.0 Å². The molecule has 0 aliphatic rings. The maximum Gasteiger partial charge on any atom is 0.335 e. The monoisotopic (exact) mass is 268 g/mol. The molecule has 0 saturated heterocycles. The molecule has 0 aliphatic heterocycles. The van der Waals surface area contributed by atoms with Gasteiger partial charge in [-0.15, -0.1) is 0 Å². The number of benzene rings is 1. The number of thioether (sulfide) groups is 1. The van der Waals surface area contributed by atoms with Crippen molar-refractivity contribution >= 4 is 29.1 Å². The molecule has 1 atom stereocenters. The van der Waals surface area contributed by atoms with Crippen molar-refractivity contribution in [2.75, 3.05) is 22.6 Å². The average molecular weight is 268 g/mol. The molecule has 0 spiro atoms. The van der Waals surface area contributed by atoms with Crippen molar-refractivity contribution in [2.24, 2.45) is 0 Å². The summed E-state index contributed by atoms with van der Waals surface area (Å²) in [6, 6.07) is 5.00. The molecule has 0 aromatic heterocycles. The summed E-state index contributed by atoms with van der Waals surface area (Å²) in [5, 5.41) is 12.2. The number of nitrogens with two attached hydrogens (primary N) is 1. The third kappa shape index (κ3) is 4.49. The molecule has 0 saturated carbocycles. The largest absolute Gasteiger partial charge is 0.478 e. The maximum atomic E-state index is 10.9. The third-order valence-corrected chi connectivity index (χ3v) is 3.53. The Morgan fingerprint density at radius 1 is 1.56 bits per heavy atom. The fraction of sp³-hybridized carbons (Fsp3) is 0.462. The van der Waals surface area contributed by atoms with Gasteiger partial charge in [-0.25, -0.2) is 4.79 Å². The van der Waals surface area contributed by atoms with Gasteiger partial charge in [0.2, 0.25) is 0 Å². The molecule has 0 radical (unpaired) electrons. The quantitative estimate of drug-likeness (QED) is 0.523. The molecule has 100 valence electrons. The van der Waals surface area contributed by atoms with Crippen LogP contribution in [-0.2, 0) is 0 Å². The van der Waals surface area contributed by atoms with Gasteiger partial charge in [0.25, 0.3) is 0 Å². The zero-order valence-corrected chi connectivity index (χ0v) is 11.6. The molecule has 0 fully saturated rings. The Morgan fingerprint density at radius 2 is 2.28 bits per heavy atom. The molecule has 4 N–H and O–H groups in total. The molecule has 0 bridgehead atoms. The van der Waals surface area contributed by atoms with Crippen LogP contribution in [0.2, 0.25) is 0 Å². The number of rotatable bonds is 7. The first-order chi connectivity index (χ1) is 8.54. The van der Waals surface area contributed by atoms with E-state index in [2.05, 4.69) is 19.2 Å². The van der Waals surface area contributed by atoms with E-state index in [1.54, 1.807) is 12.1 Å². The summed E-state index contributed by atoms with van der Waals surface area (Å²) in [6.45, 7) is 4.21. The van der Waals surface area contributed by atoms with Crippen molar-refractivity contribution in [3.8, 4) is 0 Å². The summed E-state index contributed by atoms with van der Waals surface area (Å²) in [5.74, 6) is 1.26. The van der Waals surface area contributed by atoms with Crippen LogP contribution in [0.1, 0.15) is 30.6 Å². The standard InChI is InChI=1S/C13H20N2O2S/c1-3-18-7-6-9(2)15-12-8-10(13(16)17)4-5-11(12)14/h4-5,8-9,15H,3,6-7,14H2,1-2H3,(H,16,17). The van der Waals surface area contributed by atoms with Gasteiger partial charge in [0.1, 0.15) is 0 Å². The Kier molecular flexibility index (Phi) is 5.85. The van der Waals surface area contributed by atoms with E-state index >= 15 is 0 Å². The van der Waals surface area contributed by atoms with Crippen LogP contribution in [-0.4, -0.2) is 28.6 Å². The van der Waals surface area contributed by atoms with Crippen molar-refractivity contribution in [3.63, 3.8) is 0 Å². The zero-order chi connectivity index (χ0) is 13.5. The van der Waals surface area contributed by atoms with E-state index in [0.717, 1.165) is 17.9 Å². The molecule has 1 unspecified atom stereocenters. The van der Waals surface area contributed by atoms with Crippen molar-refractivity contribution in [1.29, 1.82) is 0 Å². The lowest BCUT2D eigenvalue weighted by Gasteiger charge is -2.17. The molecular weight excluding hydrogens is 248 g/mol. The van der Waals surface area contributed by atoms with E-state index in [0.29, 0.717) is 11.4 Å². The Hall–Kier alpha value is -1.36. The lowest BCUT2D eigenvalue weighted by molar-refractivity contribution is 0.0697. The van der Waals surface area contributed by atoms with Gasteiger partial charge in [-0.1, -0.05) is 6.92 Å². The first-order valence-corrected chi connectivity index (χ1v) is 7.17. The van der Waals surface area contributed by atoms with E-state index in [1.807, 2.05) is 11.8 Å². The molecule has 1 aromatic carbocycles. The van der Waals surface area contributed by atoms with Gasteiger partial charge in [0.15, 0.2) is 0 Å². The first-order valence-electron chi connectivity index (χ1n) is 6.01. The fourth-order valence-electron chi connectivity index (χ4n) is 1.56. The Bertz CT molecular complexity index is 410. The Labute approximate surface area is 112 Å². The molecule has 5 heteroatoms. The first kappa shape index (κ1) is 14.7. The van der Waals surface area contributed by atoms with Crippen LogP contribution < -0.4 is 11.1 Å². The normalized spacial score (nSPS) is 12.1. The van der Waals surface area contributed by atoms with Gasteiger partial charge in [0.05, 0.1) is 16.9 Å². The number of carboxylic acids is 1. The lowest BCUT2D eigenvalue weighted by Crippen LogP contribution is -2.17. The number of nitrogen functional groups attached to an aromatic ring is 1. The minimum Gasteiger partial charge on any atom is -0.478 e. The summed E-state index contributed by atoms with van der Waals surface area (Å²) in [7, 11) is 0. The van der Waals surface area contributed by atoms with Gasteiger partial charge in [-0.2, -0.15) is 11.8 Å². The van der Waals surface area contributed by atoms with E-state index in [9.17, 15) is 4.79 Å². The van der Waals surface area contributed by atoms with Crippen LogP contribution >= 0.6 is 11.8 Å². The SMILES string of the molecule is CCSCCC(C)Nc1cc(C(=O)O)ccc1N. The van der Waals surface area contributed by atoms with Gasteiger partial charge in [-0.3, -0.25) is 0 Å². The van der Waals surface area contributed by atoms with Crippen LogP contribution in [0.4, 0.5) is 11.4 Å². The summed E-state index contributed by atoms with van der Waals surface area (Å²) in [4.78, 5) is 10.9. The highest BCUT2D eigenvalue weighted by Gasteiger charge is 2.09. The average Bonchev–Trinajstić information content (AvgIpc) is 2.32. The fourth-order valence-corrected chi connectivity index (χ4v) is 2.37. The van der Waals surface area contributed by atoms with Crippen LogP contribution in [0.3, 0.4) is 0 Å². The van der Waals surface area contributed by atoms with Crippen LogP contribution in [0.15, 0.2) is 18.2 Å². The Balaban J connectivity index is 2.65. The highest BCUT2D eigenvalue weighted by molar-refractivity contribution is 7.99. The second-order valence-corrected chi connectivity index (χ2v) is 5.53. The maximum absolute atomic E-state index is 10.9. The minimum absolute atomic E-state index is 0.252. The lowest BCUT2D eigenvalue weighted by atomic mass is 10.1. The number of hydrogen-bond acceptors (Lipinski definition) is 4. The van der Waals surface area contributed by atoms with Crippen LogP contribution in [0, 0.1) is 0 Å². The molecule has 0 heterocycles. The van der Waals surface area contributed by atoms with Crippen molar-refractivity contribution < 1.29 is 9.90 Å². The summed E-state index contributed by atoms with van der Waals surface area (Å²) >= 11 is 1.89. The number of nitrogens with one attached hydrogen (secondary N) is 1. The van der Waals surface area contributed by atoms with Crippen molar-refractivity contribution in [2.45, 2.75) is 26.3 Å². The molecule has 1 aromatic rings. The topological polar surface area (TPSA) is 75.3 Å². The summed E-state index contributed by atoms with van der Waals surface area (Å²) < 4.78 is 0. The van der Waals surface area contributed by atoms with E-state index in [-0.39, 0.29) is 11.6 Å². The summed E-state index contributed by atoms with van der Waals surface area (Å²) in [5.41, 5.74) is 7.36. The molecule has 0 amide bonds. The zero-order valence-electron chi connectivity index (χ0n) is 10.8. The number of hydrogen-bond donors (Lipinski definition) is 3. The molecular formula is C13H20N2O2S. The van der Waals surface area contributed by atoms with Crippen molar-refractivity contribution in [3.05, 3.63) is 23.8 Å². The number of carboxylic acid groups (broad SMARTS) is 1. The van der Waals surface area contributed by atoms with Gasteiger partial charge in [0, 0.05) is 6.04 Å². The number of carbonyl (C=O) groups is 1. The predicted molar refractivity (Wildman–Crippen MR) is 78.5 cm³/mol. The smallest absolute Gasteiger partial charge is 0.335 e. The number of aromatic carboxylic acids is 1. The summed E-state index contributed by atoms with van der Waals surface area (Å²) in [6.07, 6.45) is 1.02. The molecule has 4 nitrogen and oxygen atoms in total. The van der Waals surface area contributed by atoms with E-state index < -0.39 is 5.97 Å². The van der Waals surface area contributed by atoms with Crippen LogP contribution in [0.5, 0.6) is 0 Å². The highest BCUT2D eigenvalue weighted by Crippen LogP contribution is 2.21. The molecule has 1 rings (SSSR count). The molecule has 0 aliphatic carbocycles. The Morgan fingerprint density at radius 3 is 2.89 bits per heavy atom. The molecule has 18 heavy (non-hydrogen) atoms. The second-order valence-electron chi connectivity index (χ2n) is 4.14. The van der Waals surface area contributed by atoms with Gasteiger partial charge >= 0.3 is 5.97 Å². The van der Waals surface area contributed by atoms with Crippen LogP contribution in [0.25, 0.3) is 0 Å². The third-order valence-electron chi connectivity index (χ3n) is 2.60. The minimum atomic E-state index is -0.938. The number of anilines is 2. The predicted octanol–water partition coefficient (Wildman–Crippen LogP) is 2.91. The van der Waals surface area contributed by atoms with E-state index in [4.69, 9.17) is 10.8 Å². The highest BCUT2D eigenvalue weighted by atomic mass is 32.2.